The van der Waals surface area contributed by atoms with Gasteiger partial charge in [0.2, 0.25) is 0 Å². The highest BCUT2D eigenvalue weighted by Crippen LogP contribution is 2.35. The Morgan fingerprint density at radius 3 is 0.717 bits per heavy atom. The third kappa shape index (κ3) is 7.99. The lowest BCUT2D eigenvalue weighted by Crippen LogP contribution is -2.25. The molecule has 3 aromatic carbocycles. The van der Waals surface area contributed by atoms with E-state index in [4.69, 9.17) is 0 Å². The highest BCUT2D eigenvalue weighted by atomic mass is 15.1. The van der Waals surface area contributed by atoms with Crippen molar-refractivity contribution in [3.8, 4) is 0 Å². The topological polar surface area (TPSA) is 14.9 Å². The van der Waals surface area contributed by atoms with Crippen LogP contribution in [0.25, 0.3) is 36.5 Å². The molecule has 4 nitrogen and oxygen atoms in total. The molecule has 0 unspecified atom stereocenters. The van der Waals surface area contributed by atoms with Gasteiger partial charge >= 0.3 is 0 Å². The fraction of sp³-hybridized carbons (Fsp3) is 0.0714. The Bertz CT molecular complexity index is 1710. The molecule has 0 saturated heterocycles. The van der Waals surface area contributed by atoms with E-state index in [1.54, 1.807) is 0 Å². The first kappa shape index (κ1) is 30.2. The molecular formula is C42H39N4+3. The molecular weight excluding hydrogens is 560 g/mol. The van der Waals surface area contributed by atoms with Crippen molar-refractivity contribution in [2.24, 2.45) is 21.1 Å². The molecule has 0 amide bonds. The van der Waals surface area contributed by atoms with Crippen molar-refractivity contribution >= 4 is 53.5 Å². The average Bonchev–Trinajstić information content (AvgIpc) is 3.09. The second-order valence-electron chi connectivity index (χ2n) is 11.5. The molecule has 6 rings (SSSR count). The molecule has 4 heteroatoms. The molecule has 0 spiro atoms. The Hall–Kier alpha value is -5.87. The van der Waals surface area contributed by atoms with Crippen LogP contribution in [0.3, 0.4) is 0 Å². The van der Waals surface area contributed by atoms with Crippen molar-refractivity contribution in [1.29, 1.82) is 0 Å². The molecule has 3 aromatic heterocycles. The van der Waals surface area contributed by atoms with Crippen molar-refractivity contribution in [2.45, 2.75) is 0 Å². The van der Waals surface area contributed by atoms with Gasteiger partial charge in [0.15, 0.2) is 37.2 Å². The maximum atomic E-state index is 2.31. The summed E-state index contributed by atoms with van der Waals surface area (Å²) in [6.45, 7) is 0. The Balaban J connectivity index is 1.27. The number of hydrogen-bond donors (Lipinski definition) is 0. The van der Waals surface area contributed by atoms with E-state index in [0.717, 1.165) is 33.8 Å². The van der Waals surface area contributed by atoms with E-state index in [-0.39, 0.29) is 0 Å². The standard InChI is InChI=1S/C42H39N4/c1-43-28-22-37(23-29-43)7-4-34-10-16-40(17-11-34)46(41-18-12-35(13-19-41)5-8-38-24-30-44(2)31-25-38)42-20-14-36(15-21-42)6-9-39-26-32-45(3)33-27-39/h4-33H,1-3H3/q+3. The van der Waals surface area contributed by atoms with Crippen LogP contribution >= 0.6 is 0 Å². The van der Waals surface area contributed by atoms with Crippen LogP contribution in [-0.4, -0.2) is 0 Å². The van der Waals surface area contributed by atoms with Gasteiger partial charge in [0.25, 0.3) is 0 Å². The monoisotopic (exact) mass is 599 g/mol. The summed E-state index contributed by atoms with van der Waals surface area (Å²) in [7, 11) is 6.09. The molecule has 0 aliphatic rings. The highest BCUT2D eigenvalue weighted by Gasteiger charge is 2.12. The third-order valence-electron chi connectivity index (χ3n) is 7.87. The second-order valence-corrected chi connectivity index (χ2v) is 11.5. The fourth-order valence-electron chi connectivity index (χ4n) is 5.10. The Morgan fingerprint density at radius 1 is 0.304 bits per heavy atom. The third-order valence-corrected chi connectivity index (χ3v) is 7.87. The van der Waals surface area contributed by atoms with E-state index >= 15 is 0 Å². The van der Waals surface area contributed by atoms with Crippen LogP contribution in [-0.2, 0) is 21.1 Å². The lowest BCUT2D eigenvalue weighted by atomic mass is 10.1. The molecule has 6 aromatic rings. The smallest absolute Gasteiger partial charge is 0.169 e. The van der Waals surface area contributed by atoms with Crippen LogP contribution in [0.2, 0.25) is 0 Å². The fourth-order valence-corrected chi connectivity index (χ4v) is 5.10. The zero-order chi connectivity index (χ0) is 31.7. The first-order chi connectivity index (χ1) is 22.5. The normalized spacial score (nSPS) is 11.5. The predicted molar refractivity (Wildman–Crippen MR) is 191 cm³/mol. The van der Waals surface area contributed by atoms with Gasteiger partial charge in [0.1, 0.15) is 21.1 Å². The molecule has 0 aliphatic carbocycles. The van der Waals surface area contributed by atoms with Crippen molar-refractivity contribution in [3.05, 3.63) is 180 Å². The van der Waals surface area contributed by atoms with Gasteiger partial charge in [-0.2, -0.15) is 0 Å². The highest BCUT2D eigenvalue weighted by molar-refractivity contribution is 5.80. The average molecular weight is 600 g/mol. The SMILES string of the molecule is C[n+]1ccc(/C=C/c2ccc(N(c3ccc(/C=C/c4cc[n+](C)cc4)cc3)c3ccc(/C=C/c4cc[n+](C)cc4)cc3)cc2)cc1. The zero-order valence-corrected chi connectivity index (χ0v) is 26.6. The molecule has 0 atom stereocenters. The van der Waals surface area contributed by atoms with E-state index in [0.29, 0.717) is 0 Å². The summed E-state index contributed by atoms with van der Waals surface area (Å²) in [5.74, 6) is 0. The van der Waals surface area contributed by atoms with E-state index in [1.165, 1.54) is 16.7 Å². The van der Waals surface area contributed by atoms with Crippen LogP contribution in [0.4, 0.5) is 17.1 Å². The van der Waals surface area contributed by atoms with Crippen LogP contribution < -0.4 is 18.6 Å². The number of anilines is 3. The largest absolute Gasteiger partial charge is 0.311 e. The van der Waals surface area contributed by atoms with Gasteiger partial charge in [-0.05, 0) is 69.8 Å². The summed E-state index contributed by atoms with van der Waals surface area (Å²) in [4.78, 5) is 2.31. The Morgan fingerprint density at radius 2 is 0.500 bits per heavy atom. The molecule has 0 radical (unpaired) electrons. The maximum absolute atomic E-state index is 2.31. The molecule has 46 heavy (non-hydrogen) atoms. The Kier molecular flexibility index (Phi) is 9.36. The summed E-state index contributed by atoms with van der Waals surface area (Å²) < 4.78 is 6.12. The predicted octanol–water partition coefficient (Wildman–Crippen LogP) is 8.14. The second kappa shape index (κ2) is 14.3. The van der Waals surface area contributed by atoms with Gasteiger partial charge in [-0.15, -0.1) is 0 Å². The van der Waals surface area contributed by atoms with Crippen LogP contribution in [0, 0.1) is 0 Å². The van der Waals surface area contributed by atoms with Crippen LogP contribution in [0.5, 0.6) is 0 Å². The molecule has 0 fully saturated rings. The molecule has 0 aliphatic heterocycles. The minimum absolute atomic E-state index is 1.10. The van der Waals surface area contributed by atoms with E-state index in [1.807, 2.05) is 34.8 Å². The van der Waals surface area contributed by atoms with Crippen LogP contribution in [0.1, 0.15) is 33.4 Å². The van der Waals surface area contributed by atoms with Gasteiger partial charge in [0, 0.05) is 53.5 Å². The minimum Gasteiger partial charge on any atom is -0.311 e. The lowest BCUT2D eigenvalue weighted by Gasteiger charge is -2.26. The van der Waals surface area contributed by atoms with Gasteiger partial charge in [-0.3, -0.25) is 0 Å². The van der Waals surface area contributed by atoms with Crippen molar-refractivity contribution in [1.82, 2.24) is 0 Å². The Labute approximate surface area is 272 Å². The van der Waals surface area contributed by atoms with Crippen molar-refractivity contribution in [3.63, 3.8) is 0 Å². The number of aromatic nitrogens is 3. The number of aryl methyl sites for hydroxylation is 3. The van der Waals surface area contributed by atoms with Crippen molar-refractivity contribution < 1.29 is 13.7 Å². The summed E-state index contributed by atoms with van der Waals surface area (Å²) in [5.41, 5.74) is 10.3. The van der Waals surface area contributed by atoms with Gasteiger partial charge in [-0.25, -0.2) is 13.7 Å². The molecule has 0 saturated carbocycles. The van der Waals surface area contributed by atoms with Gasteiger partial charge < -0.3 is 4.90 Å². The number of benzene rings is 3. The molecule has 3 heterocycles. The zero-order valence-electron chi connectivity index (χ0n) is 26.6. The minimum atomic E-state index is 1.10. The number of rotatable bonds is 9. The molecule has 0 bridgehead atoms. The first-order valence-electron chi connectivity index (χ1n) is 15.5. The van der Waals surface area contributed by atoms with Crippen LogP contribution in [0.15, 0.2) is 146 Å². The maximum Gasteiger partial charge on any atom is 0.169 e. The van der Waals surface area contributed by atoms with Gasteiger partial charge in [-0.1, -0.05) is 72.9 Å². The number of hydrogen-bond acceptors (Lipinski definition) is 1. The van der Waals surface area contributed by atoms with E-state index in [9.17, 15) is 0 Å². The van der Waals surface area contributed by atoms with E-state index in [2.05, 4.69) is 188 Å². The number of nitrogens with zero attached hydrogens (tertiary/aromatic N) is 4. The summed E-state index contributed by atoms with van der Waals surface area (Å²) in [6, 6.07) is 38.9. The van der Waals surface area contributed by atoms with E-state index < -0.39 is 0 Å². The summed E-state index contributed by atoms with van der Waals surface area (Å²) in [5, 5.41) is 0. The quantitative estimate of drug-likeness (QED) is 0.153. The first-order valence-corrected chi connectivity index (χ1v) is 15.5. The summed E-state index contributed by atoms with van der Waals surface area (Å²) >= 11 is 0. The van der Waals surface area contributed by atoms with Crippen molar-refractivity contribution in [2.75, 3.05) is 4.90 Å². The molecule has 0 N–H and O–H groups in total. The molecule has 224 valence electrons. The lowest BCUT2D eigenvalue weighted by molar-refractivity contribution is -0.671. The van der Waals surface area contributed by atoms with Gasteiger partial charge in [0.05, 0.1) is 0 Å². The summed E-state index contributed by atoms with van der Waals surface area (Å²) in [6.07, 6.45) is 25.3. The number of pyridine rings is 3.